The van der Waals surface area contributed by atoms with E-state index in [4.69, 9.17) is 11.5 Å². The first-order valence-corrected chi connectivity index (χ1v) is 13.3. The van der Waals surface area contributed by atoms with Crippen molar-refractivity contribution in [3.63, 3.8) is 0 Å². The number of hydrogen-bond acceptors (Lipinski definition) is 6. The molecule has 0 aromatic heterocycles. The van der Waals surface area contributed by atoms with Crippen molar-refractivity contribution in [1.29, 1.82) is 0 Å². The number of fused-ring (bicyclic) bond motifs is 2. The van der Waals surface area contributed by atoms with Crippen LogP contribution < -0.4 is 11.5 Å². The number of aliphatic hydroxyl groups is 4. The molecule has 0 radical (unpaired) electrons. The van der Waals surface area contributed by atoms with Crippen LogP contribution in [0.25, 0.3) is 21.5 Å². The predicted octanol–water partition coefficient (Wildman–Crippen LogP) is 8.41. The molecule has 3 aromatic carbocycles. The largest absolute Gasteiger partial charge is 0.430 e. The molecule has 0 aliphatic rings. The summed E-state index contributed by atoms with van der Waals surface area (Å²) in [5.74, 6) is 0. The summed E-state index contributed by atoms with van der Waals surface area (Å²) in [7, 11) is 0. The van der Waals surface area contributed by atoms with Crippen LogP contribution in [0.5, 0.6) is 0 Å². The van der Waals surface area contributed by atoms with Gasteiger partial charge in [-0.25, -0.2) is 0 Å². The summed E-state index contributed by atoms with van der Waals surface area (Å²) in [4.78, 5) is 0. The van der Waals surface area contributed by atoms with Crippen molar-refractivity contribution in [2.45, 2.75) is 71.8 Å². The monoisotopic (exact) mass is 872 g/mol. The third kappa shape index (κ3) is 6.11. The highest BCUT2D eigenvalue weighted by molar-refractivity contribution is 6.06. The fourth-order valence-corrected chi connectivity index (χ4v) is 5.53. The van der Waals surface area contributed by atoms with Crippen molar-refractivity contribution in [3.8, 4) is 0 Å². The molecule has 56 heavy (non-hydrogen) atoms. The number of nitrogens with two attached hydrogens (primary N) is 2. The third-order valence-corrected chi connectivity index (χ3v) is 8.26. The van der Waals surface area contributed by atoms with E-state index in [1.165, 1.54) is 0 Å². The maximum Gasteiger partial charge on any atom is 0.430 e. The second-order valence-corrected chi connectivity index (χ2v) is 11.5. The fourth-order valence-electron chi connectivity index (χ4n) is 5.53. The van der Waals surface area contributed by atoms with Crippen LogP contribution in [0.3, 0.4) is 0 Å². The highest BCUT2D eigenvalue weighted by Crippen LogP contribution is 2.61. The van der Waals surface area contributed by atoms with Gasteiger partial charge in [-0.05, 0) is 45.8 Å². The molecule has 0 heterocycles. The molecule has 0 bridgehead atoms. The molecule has 0 aliphatic heterocycles. The van der Waals surface area contributed by atoms with Gasteiger partial charge >= 0.3 is 49.4 Å². The first-order chi connectivity index (χ1) is 24.2. The standard InChI is InChI=1S/C26H12F24N2O4/c27-19(28,29)15(53,20(30,31)32)9-3-5-1-7-6(2-8(5)12(14(9)52)18(56,25(45,46)47)26(48,49)50)4-10(16(54,21(33,34)35)22(36,37)38)13(51)11(7)17(55,23(39,40)41)24(42,43)44/h1-4,53-56H,51-52H2. The molecule has 0 fully saturated rings. The van der Waals surface area contributed by atoms with Gasteiger partial charge in [-0.3, -0.25) is 0 Å². The summed E-state index contributed by atoms with van der Waals surface area (Å²) >= 11 is 0. The van der Waals surface area contributed by atoms with Crippen molar-refractivity contribution in [2.75, 3.05) is 11.5 Å². The molecule has 3 aromatic rings. The van der Waals surface area contributed by atoms with Crippen LogP contribution in [0, 0.1) is 0 Å². The minimum atomic E-state index is -7.49. The van der Waals surface area contributed by atoms with Crippen LogP contribution in [0.4, 0.5) is 117 Å². The zero-order valence-corrected chi connectivity index (χ0v) is 25.3. The van der Waals surface area contributed by atoms with Crippen molar-refractivity contribution in [1.82, 2.24) is 0 Å². The number of benzene rings is 3. The van der Waals surface area contributed by atoms with Crippen molar-refractivity contribution < 1.29 is 126 Å². The summed E-state index contributed by atoms with van der Waals surface area (Å²) in [6.45, 7) is 0. The number of anilines is 2. The van der Waals surface area contributed by atoms with Gasteiger partial charge in [0.2, 0.25) is 0 Å². The highest BCUT2D eigenvalue weighted by atomic mass is 19.4. The minimum Gasteiger partial charge on any atom is -0.398 e. The van der Waals surface area contributed by atoms with Crippen LogP contribution in [0.2, 0.25) is 0 Å². The predicted molar refractivity (Wildman–Crippen MR) is 134 cm³/mol. The van der Waals surface area contributed by atoms with Gasteiger partial charge in [0.15, 0.2) is 0 Å². The molecule has 6 nitrogen and oxygen atoms in total. The Morgan fingerprint density at radius 1 is 0.304 bits per heavy atom. The Morgan fingerprint density at radius 2 is 0.482 bits per heavy atom. The second-order valence-electron chi connectivity index (χ2n) is 11.5. The van der Waals surface area contributed by atoms with Crippen molar-refractivity contribution in [3.05, 3.63) is 46.5 Å². The summed E-state index contributed by atoms with van der Waals surface area (Å²) in [5, 5.41) is 29.9. The highest BCUT2D eigenvalue weighted by Gasteiger charge is 2.77. The van der Waals surface area contributed by atoms with Crippen molar-refractivity contribution >= 4 is 32.9 Å². The number of rotatable bonds is 4. The Balaban J connectivity index is 3.08. The Morgan fingerprint density at radius 3 is 0.643 bits per heavy atom. The quantitative estimate of drug-likeness (QED) is 0.0887. The Bertz CT molecular complexity index is 1830. The molecule has 0 aliphatic carbocycles. The molecule has 318 valence electrons. The van der Waals surface area contributed by atoms with Gasteiger partial charge in [0, 0.05) is 33.6 Å². The molecule has 0 saturated carbocycles. The molecule has 30 heteroatoms. The Hall–Kier alpha value is -4.06. The SMILES string of the molecule is Nc1c(C(O)(C(F)(F)F)C(F)(F)F)cc2cc3c(C(O)(C(F)(F)F)C(F)(F)F)c(N)c(C(O)(C(F)(F)F)C(F)(F)F)cc3cc2c1C(O)(C(F)(F)F)C(F)(F)F. The van der Waals surface area contributed by atoms with Gasteiger partial charge in [0.05, 0.1) is 0 Å². The van der Waals surface area contributed by atoms with E-state index in [0.717, 1.165) is 0 Å². The second kappa shape index (κ2) is 12.2. The Kier molecular flexibility index (Phi) is 10.1. The van der Waals surface area contributed by atoms with E-state index in [1.54, 1.807) is 0 Å². The molecule has 0 spiro atoms. The lowest BCUT2D eigenvalue weighted by atomic mass is 9.77. The van der Waals surface area contributed by atoms with Crippen LogP contribution in [-0.2, 0) is 22.4 Å². The molecule has 0 amide bonds. The van der Waals surface area contributed by atoms with E-state index in [9.17, 15) is 126 Å². The van der Waals surface area contributed by atoms with Gasteiger partial charge in [-0.1, -0.05) is 0 Å². The van der Waals surface area contributed by atoms with Crippen LogP contribution >= 0.6 is 0 Å². The van der Waals surface area contributed by atoms with Gasteiger partial charge in [-0.15, -0.1) is 0 Å². The first-order valence-electron chi connectivity index (χ1n) is 13.3. The van der Waals surface area contributed by atoms with Crippen LogP contribution in [0.15, 0.2) is 24.3 Å². The van der Waals surface area contributed by atoms with E-state index in [0.29, 0.717) is 0 Å². The van der Waals surface area contributed by atoms with Gasteiger partial charge in [-0.2, -0.15) is 105 Å². The average Bonchev–Trinajstić information content (AvgIpc) is 2.93. The zero-order chi connectivity index (χ0) is 44.6. The number of hydrogen-bond donors (Lipinski definition) is 6. The lowest BCUT2D eigenvalue weighted by molar-refractivity contribution is -0.378. The van der Waals surface area contributed by atoms with E-state index < -0.39 is 151 Å². The zero-order valence-electron chi connectivity index (χ0n) is 25.3. The van der Waals surface area contributed by atoms with E-state index >= 15 is 0 Å². The summed E-state index contributed by atoms with van der Waals surface area (Å²) in [6, 6.07) is -4.12. The molecule has 8 N–H and O–H groups in total. The van der Waals surface area contributed by atoms with E-state index in [-0.39, 0.29) is 0 Å². The number of nitrogen functional groups attached to an aromatic ring is 2. The van der Waals surface area contributed by atoms with Crippen LogP contribution in [0.1, 0.15) is 22.3 Å². The maximum atomic E-state index is 14.1. The molecule has 0 unspecified atom stereocenters. The third-order valence-electron chi connectivity index (χ3n) is 8.26. The van der Waals surface area contributed by atoms with Gasteiger partial charge < -0.3 is 31.9 Å². The molecule has 3 rings (SSSR count). The molecular formula is C26H12F24N2O4. The van der Waals surface area contributed by atoms with E-state index in [2.05, 4.69) is 0 Å². The normalized spacial score (nSPS) is 15.6. The lowest BCUT2D eigenvalue weighted by Crippen LogP contribution is -2.56. The summed E-state index contributed by atoms with van der Waals surface area (Å²) in [5.41, 5.74) is -38.3. The first kappa shape index (κ1) is 46.3. The smallest absolute Gasteiger partial charge is 0.398 e. The molecular weight excluding hydrogens is 860 g/mol. The van der Waals surface area contributed by atoms with Gasteiger partial charge in [0.1, 0.15) is 0 Å². The molecule has 0 saturated heterocycles. The maximum absolute atomic E-state index is 14.1. The minimum absolute atomic E-state index is 0.963. The lowest BCUT2D eigenvalue weighted by Gasteiger charge is -2.39. The van der Waals surface area contributed by atoms with E-state index in [1.807, 2.05) is 0 Å². The van der Waals surface area contributed by atoms with Crippen LogP contribution in [-0.4, -0.2) is 69.8 Å². The summed E-state index contributed by atoms with van der Waals surface area (Å²) < 4.78 is 336. The fraction of sp³-hybridized carbons (Fsp3) is 0.462. The molecule has 0 atom stereocenters. The number of alkyl halides is 24. The topological polar surface area (TPSA) is 133 Å². The Labute approximate surface area is 289 Å². The van der Waals surface area contributed by atoms with Crippen molar-refractivity contribution in [2.24, 2.45) is 0 Å². The number of halogens is 24. The van der Waals surface area contributed by atoms with Gasteiger partial charge in [0.25, 0.3) is 22.4 Å². The average molecular weight is 872 g/mol. The summed E-state index contributed by atoms with van der Waals surface area (Å²) in [6.07, 6.45) is -59.5.